The van der Waals surface area contributed by atoms with Gasteiger partial charge in [0.2, 0.25) is 0 Å². The molecule has 0 aliphatic carbocycles. The summed E-state index contributed by atoms with van der Waals surface area (Å²) in [6.07, 6.45) is 0. The van der Waals surface area contributed by atoms with E-state index in [4.69, 9.17) is 0 Å². The molecule has 0 amide bonds. The minimum Gasteiger partial charge on any atom is -0.147 e. The maximum Gasteiger partial charge on any atom is 0.600 e. The highest BCUT2D eigenvalue weighted by Gasteiger charge is 2.50. The molecule has 0 fully saturated rings. The summed E-state index contributed by atoms with van der Waals surface area (Å²) < 4.78 is 40.4. The zero-order chi connectivity index (χ0) is 13.7. The largest absolute Gasteiger partial charge is 0.600 e. The van der Waals surface area contributed by atoms with Crippen LogP contribution < -0.4 is 0 Å². The SMILES string of the molecule is Cc1cccc2c1cc(C(C)(C)C)[s+]2C(F)(F)F.Cl. The van der Waals surface area contributed by atoms with Gasteiger partial charge in [-0.15, -0.1) is 25.6 Å². The van der Waals surface area contributed by atoms with Crippen molar-refractivity contribution in [2.45, 2.75) is 38.6 Å². The summed E-state index contributed by atoms with van der Waals surface area (Å²) in [6.45, 7) is 7.38. The lowest BCUT2D eigenvalue weighted by Crippen LogP contribution is -2.12. The lowest BCUT2D eigenvalue weighted by atomic mass is 9.94. The Labute approximate surface area is 120 Å². The molecular formula is C14H17ClF3S+. The highest BCUT2D eigenvalue weighted by Crippen LogP contribution is 2.54. The van der Waals surface area contributed by atoms with Gasteiger partial charge in [0, 0.05) is 16.9 Å². The van der Waals surface area contributed by atoms with Crippen molar-refractivity contribution in [1.82, 2.24) is 0 Å². The maximum absolute atomic E-state index is 13.3. The van der Waals surface area contributed by atoms with Crippen LogP contribution in [-0.2, 0) is 10.9 Å². The average molecular weight is 310 g/mol. The van der Waals surface area contributed by atoms with E-state index < -0.39 is 21.4 Å². The number of rotatable bonds is 0. The lowest BCUT2D eigenvalue weighted by molar-refractivity contribution is -0.0869. The number of fused-ring (bicyclic) bond motifs is 1. The van der Waals surface area contributed by atoms with Crippen LogP contribution in [0.15, 0.2) is 24.3 Å². The third-order valence-corrected chi connectivity index (χ3v) is 5.40. The normalized spacial score (nSPS) is 13.5. The summed E-state index contributed by atoms with van der Waals surface area (Å²) >= 11 is 0. The van der Waals surface area contributed by atoms with Gasteiger partial charge in [0.15, 0.2) is 9.58 Å². The molecule has 1 atom stereocenters. The second-order valence-corrected chi connectivity index (χ2v) is 7.45. The summed E-state index contributed by atoms with van der Waals surface area (Å²) in [5.41, 5.74) is -3.75. The fourth-order valence-corrected chi connectivity index (χ4v) is 4.34. The topological polar surface area (TPSA) is 0 Å². The highest BCUT2D eigenvalue weighted by molar-refractivity contribution is 7.38. The molecule has 0 N–H and O–H groups in total. The minimum absolute atomic E-state index is 0. The van der Waals surface area contributed by atoms with Gasteiger partial charge in [0.05, 0.1) is 10.5 Å². The van der Waals surface area contributed by atoms with Crippen LogP contribution in [0.25, 0.3) is 10.1 Å². The average Bonchev–Trinajstić information content (AvgIpc) is 2.56. The predicted molar refractivity (Wildman–Crippen MR) is 78.4 cm³/mol. The van der Waals surface area contributed by atoms with E-state index in [0.29, 0.717) is 9.58 Å². The van der Waals surface area contributed by atoms with E-state index in [1.165, 1.54) is 0 Å². The summed E-state index contributed by atoms with van der Waals surface area (Å²) in [5, 5.41) is 0.753. The molecule has 0 radical (unpaired) electrons. The third kappa shape index (κ3) is 2.90. The summed E-state index contributed by atoms with van der Waals surface area (Å²) in [4.78, 5) is 0.485. The molecule has 5 heteroatoms. The van der Waals surface area contributed by atoms with Gasteiger partial charge in [-0.3, -0.25) is 0 Å². The standard InChI is InChI=1S/C14H16F3S.ClH/c1-9-6-5-7-11-10(9)8-12(13(2,3)4)18(11)14(15,16)17;/h5-8H,1-4H3;1H/q+1;. The van der Waals surface area contributed by atoms with Gasteiger partial charge in [-0.2, -0.15) is 0 Å². The molecule has 1 aromatic carbocycles. The molecule has 1 unspecified atom stereocenters. The van der Waals surface area contributed by atoms with E-state index in [-0.39, 0.29) is 12.4 Å². The Hall–Kier alpha value is -0.740. The maximum atomic E-state index is 13.3. The second-order valence-electron chi connectivity index (χ2n) is 5.50. The van der Waals surface area contributed by atoms with E-state index in [2.05, 4.69) is 0 Å². The quantitative estimate of drug-likeness (QED) is 0.516. The van der Waals surface area contributed by atoms with Gasteiger partial charge in [0.1, 0.15) is 0 Å². The van der Waals surface area contributed by atoms with E-state index >= 15 is 0 Å². The monoisotopic (exact) mass is 309 g/mol. The first-order chi connectivity index (χ1) is 8.12. The molecule has 2 aromatic rings. The number of hydrogen-bond donors (Lipinski definition) is 0. The van der Waals surface area contributed by atoms with Crippen LogP contribution in [0.4, 0.5) is 13.2 Å². The predicted octanol–water partition coefficient (Wildman–Crippen LogP) is 6.09. The molecule has 2 rings (SSSR count). The van der Waals surface area contributed by atoms with Gasteiger partial charge in [-0.1, -0.05) is 32.9 Å². The summed E-state index contributed by atoms with van der Waals surface area (Å²) in [6, 6.07) is 6.91. The van der Waals surface area contributed by atoms with Crippen molar-refractivity contribution >= 4 is 33.0 Å². The minimum atomic E-state index is -4.20. The van der Waals surface area contributed by atoms with Crippen molar-refractivity contribution in [2.24, 2.45) is 0 Å². The van der Waals surface area contributed by atoms with Crippen molar-refractivity contribution in [2.75, 3.05) is 0 Å². The van der Waals surface area contributed by atoms with E-state index in [1.807, 2.05) is 33.8 Å². The Morgan fingerprint density at radius 2 is 1.63 bits per heavy atom. The van der Waals surface area contributed by atoms with Crippen molar-refractivity contribution in [3.05, 3.63) is 34.7 Å². The molecule has 0 saturated heterocycles. The molecule has 19 heavy (non-hydrogen) atoms. The molecule has 0 nitrogen and oxygen atoms in total. The number of alkyl halides is 3. The van der Waals surface area contributed by atoms with Crippen molar-refractivity contribution in [3.63, 3.8) is 0 Å². The van der Waals surface area contributed by atoms with Gasteiger partial charge in [-0.25, -0.2) is 0 Å². The molecule has 0 saturated carbocycles. The number of benzene rings is 1. The lowest BCUT2D eigenvalue weighted by Gasteiger charge is -2.13. The fourth-order valence-electron chi connectivity index (χ4n) is 2.10. The van der Waals surface area contributed by atoms with Crippen LogP contribution >= 0.6 is 22.9 Å². The highest BCUT2D eigenvalue weighted by atomic mass is 35.5. The van der Waals surface area contributed by atoms with Gasteiger partial charge < -0.3 is 0 Å². The van der Waals surface area contributed by atoms with Gasteiger partial charge in [0.25, 0.3) is 0 Å². The summed E-state index contributed by atoms with van der Waals surface area (Å²) in [7, 11) is -1.78. The number of hydrogen-bond acceptors (Lipinski definition) is 0. The molecule has 0 spiro atoms. The third-order valence-electron chi connectivity index (χ3n) is 2.97. The van der Waals surface area contributed by atoms with Crippen LogP contribution in [0.1, 0.15) is 31.2 Å². The van der Waals surface area contributed by atoms with Crippen molar-refractivity contribution in [1.29, 1.82) is 0 Å². The smallest absolute Gasteiger partial charge is 0.147 e. The van der Waals surface area contributed by atoms with Crippen LogP contribution in [0.3, 0.4) is 0 Å². The first-order valence-corrected chi connectivity index (χ1v) is 6.98. The molecule has 106 valence electrons. The molecule has 0 aliphatic rings. The zero-order valence-corrected chi connectivity index (χ0v) is 12.9. The molecule has 0 bridgehead atoms. The number of thiophene rings is 1. The molecule has 1 heterocycles. The van der Waals surface area contributed by atoms with E-state index in [0.717, 1.165) is 10.9 Å². The Bertz CT molecular complexity index is 591. The van der Waals surface area contributed by atoms with E-state index in [9.17, 15) is 13.2 Å². The van der Waals surface area contributed by atoms with Crippen LogP contribution in [-0.4, -0.2) is 0 Å². The molecule has 0 aliphatic heterocycles. The Morgan fingerprint density at radius 1 is 1.05 bits per heavy atom. The number of halogens is 4. The molecule has 1 aromatic heterocycles. The van der Waals surface area contributed by atoms with E-state index in [1.54, 1.807) is 18.2 Å². The van der Waals surface area contributed by atoms with Crippen LogP contribution in [0, 0.1) is 6.92 Å². The van der Waals surface area contributed by atoms with Crippen LogP contribution in [0.2, 0.25) is 0 Å². The van der Waals surface area contributed by atoms with Crippen molar-refractivity contribution < 1.29 is 13.2 Å². The first kappa shape index (κ1) is 16.3. The second kappa shape index (κ2) is 4.98. The zero-order valence-electron chi connectivity index (χ0n) is 11.3. The summed E-state index contributed by atoms with van der Waals surface area (Å²) in [5.74, 6) is 0. The Balaban J connectivity index is 0.00000180. The van der Waals surface area contributed by atoms with Crippen molar-refractivity contribution in [3.8, 4) is 0 Å². The molecular weight excluding hydrogens is 293 g/mol. The van der Waals surface area contributed by atoms with Gasteiger partial charge >= 0.3 is 5.51 Å². The number of aryl methyl sites for hydroxylation is 1. The van der Waals surface area contributed by atoms with Gasteiger partial charge in [-0.05, 0) is 18.6 Å². The van der Waals surface area contributed by atoms with Crippen LogP contribution in [0.5, 0.6) is 0 Å². The Kier molecular flexibility index (Phi) is 4.28. The fraction of sp³-hybridized carbons (Fsp3) is 0.429. The first-order valence-electron chi connectivity index (χ1n) is 5.75. The Morgan fingerprint density at radius 3 is 2.11 bits per heavy atom.